The minimum absolute atomic E-state index is 0.176. The first-order valence-corrected chi connectivity index (χ1v) is 12.3. The fraction of sp³-hybridized carbons (Fsp3) is 0.375. The summed E-state index contributed by atoms with van der Waals surface area (Å²) in [6.45, 7) is 2.34. The Kier molecular flexibility index (Phi) is 9.74. The molecule has 0 aliphatic rings. The standard InChI is InChI=1S/C24H32N2O5S/c1-26(17-14-20-8-12-22(30-2)23(18-20)31-3)16-5-15-25-24(27)13-9-19-6-10-21(11-7-19)32(4,28)29/h6-13,18H,5,14-17H2,1-4H3,(H,25,27)/b13-9+. The van der Waals surface area contributed by atoms with Crippen molar-refractivity contribution < 1.29 is 22.7 Å². The number of nitrogens with zero attached hydrogens (tertiary/aromatic N) is 1. The Morgan fingerprint density at radius 3 is 2.34 bits per heavy atom. The maximum Gasteiger partial charge on any atom is 0.243 e. The monoisotopic (exact) mass is 460 g/mol. The van der Waals surface area contributed by atoms with Gasteiger partial charge in [-0.05, 0) is 67.9 Å². The van der Waals surface area contributed by atoms with Crippen molar-refractivity contribution in [3.8, 4) is 11.5 Å². The highest BCUT2D eigenvalue weighted by molar-refractivity contribution is 7.90. The van der Waals surface area contributed by atoms with E-state index in [1.807, 2.05) is 18.2 Å². The molecular formula is C24H32N2O5S. The third kappa shape index (κ3) is 8.36. The van der Waals surface area contributed by atoms with Gasteiger partial charge in [0.2, 0.25) is 5.91 Å². The highest BCUT2D eigenvalue weighted by atomic mass is 32.2. The van der Waals surface area contributed by atoms with Gasteiger partial charge in [0.1, 0.15) is 0 Å². The smallest absolute Gasteiger partial charge is 0.243 e. The van der Waals surface area contributed by atoms with E-state index in [-0.39, 0.29) is 10.8 Å². The Hall–Kier alpha value is -2.84. The molecule has 0 saturated carbocycles. The first kappa shape index (κ1) is 25.4. The van der Waals surface area contributed by atoms with Gasteiger partial charge in [-0.1, -0.05) is 18.2 Å². The molecule has 0 aliphatic heterocycles. The zero-order valence-electron chi connectivity index (χ0n) is 19.1. The predicted octanol–water partition coefficient (Wildman–Crippen LogP) is 2.80. The largest absolute Gasteiger partial charge is 0.493 e. The third-order valence-electron chi connectivity index (χ3n) is 4.98. The van der Waals surface area contributed by atoms with Crippen LogP contribution in [0.3, 0.4) is 0 Å². The molecule has 0 spiro atoms. The zero-order valence-corrected chi connectivity index (χ0v) is 19.9. The maximum absolute atomic E-state index is 12.0. The Labute approximate surface area is 191 Å². The van der Waals surface area contributed by atoms with Gasteiger partial charge < -0.3 is 19.7 Å². The summed E-state index contributed by atoms with van der Waals surface area (Å²) in [5, 5.41) is 2.87. The van der Waals surface area contributed by atoms with Gasteiger partial charge in [-0.25, -0.2) is 8.42 Å². The van der Waals surface area contributed by atoms with E-state index in [2.05, 4.69) is 17.3 Å². The molecule has 1 amide bonds. The van der Waals surface area contributed by atoms with Gasteiger partial charge in [0, 0.05) is 25.4 Å². The predicted molar refractivity (Wildman–Crippen MR) is 127 cm³/mol. The molecule has 2 aromatic rings. The molecular weight excluding hydrogens is 428 g/mol. The number of nitrogens with one attached hydrogen (secondary N) is 1. The van der Waals surface area contributed by atoms with Crippen LogP contribution in [0, 0.1) is 0 Å². The van der Waals surface area contributed by atoms with Crippen LogP contribution in [0.2, 0.25) is 0 Å². The van der Waals surface area contributed by atoms with Crippen LogP contribution in [0.5, 0.6) is 11.5 Å². The van der Waals surface area contributed by atoms with E-state index in [1.165, 1.54) is 30.0 Å². The van der Waals surface area contributed by atoms with Crippen LogP contribution >= 0.6 is 0 Å². The van der Waals surface area contributed by atoms with Crippen molar-refractivity contribution >= 4 is 21.8 Å². The summed E-state index contributed by atoms with van der Waals surface area (Å²) >= 11 is 0. The molecule has 174 valence electrons. The normalized spacial score (nSPS) is 11.7. The molecule has 8 heteroatoms. The van der Waals surface area contributed by atoms with Crippen LogP contribution in [-0.2, 0) is 21.1 Å². The first-order chi connectivity index (χ1) is 15.2. The number of rotatable bonds is 12. The van der Waals surface area contributed by atoms with Crippen LogP contribution < -0.4 is 14.8 Å². The SMILES string of the molecule is COc1ccc(CCN(C)CCCNC(=O)/C=C/c2ccc(S(C)(=O)=O)cc2)cc1OC. The zero-order chi connectivity index (χ0) is 23.6. The number of amides is 1. The summed E-state index contributed by atoms with van der Waals surface area (Å²) in [6, 6.07) is 12.4. The lowest BCUT2D eigenvalue weighted by atomic mass is 10.1. The molecule has 0 aromatic heterocycles. The van der Waals surface area contributed by atoms with Crippen LogP contribution in [0.1, 0.15) is 17.5 Å². The van der Waals surface area contributed by atoms with Crippen molar-refractivity contribution in [2.75, 3.05) is 47.2 Å². The van der Waals surface area contributed by atoms with E-state index < -0.39 is 9.84 Å². The average Bonchev–Trinajstić information content (AvgIpc) is 2.78. The fourth-order valence-electron chi connectivity index (χ4n) is 3.09. The maximum atomic E-state index is 12.0. The topological polar surface area (TPSA) is 84.9 Å². The molecule has 32 heavy (non-hydrogen) atoms. The lowest BCUT2D eigenvalue weighted by Crippen LogP contribution is -2.28. The minimum atomic E-state index is -3.22. The second kappa shape index (κ2) is 12.3. The van der Waals surface area contributed by atoms with E-state index in [9.17, 15) is 13.2 Å². The van der Waals surface area contributed by atoms with Gasteiger partial charge in [-0.2, -0.15) is 0 Å². The highest BCUT2D eigenvalue weighted by Crippen LogP contribution is 2.27. The Bertz CT molecular complexity index is 1020. The van der Waals surface area contributed by atoms with E-state index in [0.717, 1.165) is 43.0 Å². The molecule has 0 aliphatic carbocycles. The molecule has 1 N–H and O–H groups in total. The molecule has 0 radical (unpaired) electrons. The molecule has 7 nitrogen and oxygen atoms in total. The number of likely N-dealkylation sites (N-methyl/N-ethyl adjacent to an activating group) is 1. The number of ether oxygens (including phenoxy) is 2. The summed E-state index contributed by atoms with van der Waals surface area (Å²) in [4.78, 5) is 14.5. The Morgan fingerprint density at radius 1 is 1.03 bits per heavy atom. The van der Waals surface area contributed by atoms with Gasteiger partial charge in [0.05, 0.1) is 19.1 Å². The van der Waals surface area contributed by atoms with E-state index in [1.54, 1.807) is 32.4 Å². The van der Waals surface area contributed by atoms with Gasteiger partial charge in [0.25, 0.3) is 0 Å². The Morgan fingerprint density at radius 2 is 1.72 bits per heavy atom. The van der Waals surface area contributed by atoms with E-state index in [4.69, 9.17) is 9.47 Å². The summed E-state index contributed by atoms with van der Waals surface area (Å²) < 4.78 is 33.6. The number of hydrogen-bond acceptors (Lipinski definition) is 6. The Balaban J connectivity index is 1.68. The molecule has 2 rings (SSSR count). The summed E-state index contributed by atoms with van der Waals surface area (Å²) in [5.74, 6) is 1.28. The second-order valence-electron chi connectivity index (χ2n) is 7.56. The van der Waals surface area contributed by atoms with Crippen LogP contribution in [0.15, 0.2) is 53.4 Å². The molecule has 0 heterocycles. The quantitative estimate of drug-likeness (QED) is 0.387. The van der Waals surface area contributed by atoms with Crippen molar-refractivity contribution in [2.24, 2.45) is 0 Å². The van der Waals surface area contributed by atoms with Crippen molar-refractivity contribution in [3.63, 3.8) is 0 Å². The molecule has 0 saturated heterocycles. The number of methoxy groups -OCH3 is 2. The number of sulfone groups is 1. The van der Waals surface area contributed by atoms with Crippen LogP contribution in [0.4, 0.5) is 0 Å². The summed E-state index contributed by atoms with van der Waals surface area (Å²) in [7, 11) is 2.09. The van der Waals surface area contributed by atoms with Crippen LogP contribution in [0.25, 0.3) is 6.08 Å². The number of carbonyl (C=O) groups is 1. The minimum Gasteiger partial charge on any atom is -0.493 e. The molecule has 0 atom stereocenters. The summed E-state index contributed by atoms with van der Waals surface area (Å²) in [5.41, 5.74) is 1.94. The second-order valence-corrected chi connectivity index (χ2v) is 9.58. The lowest BCUT2D eigenvalue weighted by Gasteiger charge is -2.17. The third-order valence-corrected chi connectivity index (χ3v) is 6.11. The lowest BCUT2D eigenvalue weighted by molar-refractivity contribution is -0.116. The number of hydrogen-bond donors (Lipinski definition) is 1. The van der Waals surface area contributed by atoms with E-state index >= 15 is 0 Å². The van der Waals surface area contributed by atoms with Crippen molar-refractivity contribution in [1.82, 2.24) is 10.2 Å². The van der Waals surface area contributed by atoms with Crippen molar-refractivity contribution in [2.45, 2.75) is 17.7 Å². The van der Waals surface area contributed by atoms with Gasteiger partial charge in [-0.3, -0.25) is 4.79 Å². The van der Waals surface area contributed by atoms with Crippen molar-refractivity contribution in [1.29, 1.82) is 0 Å². The van der Waals surface area contributed by atoms with Crippen LogP contribution in [-0.4, -0.2) is 66.4 Å². The molecule has 2 aromatic carbocycles. The number of benzene rings is 2. The van der Waals surface area contributed by atoms with E-state index in [0.29, 0.717) is 6.54 Å². The summed E-state index contributed by atoms with van der Waals surface area (Å²) in [6.07, 6.45) is 6.01. The van der Waals surface area contributed by atoms with Gasteiger partial charge >= 0.3 is 0 Å². The molecule has 0 unspecified atom stereocenters. The van der Waals surface area contributed by atoms with Gasteiger partial charge in [-0.15, -0.1) is 0 Å². The first-order valence-electron chi connectivity index (χ1n) is 10.4. The fourth-order valence-corrected chi connectivity index (χ4v) is 3.72. The van der Waals surface area contributed by atoms with Crippen molar-refractivity contribution in [3.05, 3.63) is 59.7 Å². The highest BCUT2D eigenvalue weighted by Gasteiger charge is 2.07. The van der Waals surface area contributed by atoms with Gasteiger partial charge in [0.15, 0.2) is 21.3 Å². The number of carbonyl (C=O) groups excluding carboxylic acids is 1. The molecule has 0 bridgehead atoms. The average molecular weight is 461 g/mol. The molecule has 0 fully saturated rings.